The third-order valence-corrected chi connectivity index (χ3v) is 4.38. The second-order valence-corrected chi connectivity index (χ2v) is 5.23. The van der Waals surface area contributed by atoms with Gasteiger partial charge in [-0.1, -0.05) is 20.8 Å². The van der Waals surface area contributed by atoms with Crippen LogP contribution in [0.15, 0.2) is 11.7 Å². The Bertz CT molecular complexity index is 288. The number of nitrogens with zero attached hydrogens (tertiary/aromatic N) is 1. The van der Waals surface area contributed by atoms with Gasteiger partial charge in [0.1, 0.15) is 0 Å². The fraction of sp³-hybridized carbons (Fsp3) is 0.769. The molecule has 0 aromatic carbocycles. The Kier molecular flexibility index (Phi) is 6.09. The van der Waals surface area contributed by atoms with E-state index in [1.165, 1.54) is 4.88 Å². The zero-order valence-electron chi connectivity index (χ0n) is 11.3. The van der Waals surface area contributed by atoms with Crippen LogP contribution in [0.25, 0.3) is 0 Å². The fourth-order valence-electron chi connectivity index (χ4n) is 2.41. The molecule has 0 amide bonds. The standard InChI is InChI=1S/C13H24N2OS/c1-5-13(6-2,16-4)12(15-7-3)8-11-9-14-10-17-11/h9-10,12,15H,5-8H2,1-4H3. The van der Waals surface area contributed by atoms with E-state index in [0.29, 0.717) is 6.04 Å². The largest absolute Gasteiger partial charge is 0.377 e. The Labute approximate surface area is 109 Å². The highest BCUT2D eigenvalue weighted by Gasteiger charge is 2.35. The van der Waals surface area contributed by atoms with E-state index < -0.39 is 0 Å². The van der Waals surface area contributed by atoms with Crippen LogP contribution < -0.4 is 5.32 Å². The second-order valence-electron chi connectivity index (χ2n) is 4.26. The molecule has 0 radical (unpaired) electrons. The third-order valence-electron chi connectivity index (χ3n) is 3.58. The molecule has 1 rings (SSSR count). The Hall–Kier alpha value is -0.450. The Morgan fingerprint density at radius 3 is 2.53 bits per heavy atom. The van der Waals surface area contributed by atoms with Crippen LogP contribution in [0.5, 0.6) is 0 Å². The van der Waals surface area contributed by atoms with Crippen molar-refractivity contribution in [3.05, 3.63) is 16.6 Å². The van der Waals surface area contributed by atoms with Crippen LogP contribution >= 0.6 is 11.3 Å². The number of aromatic nitrogens is 1. The van der Waals surface area contributed by atoms with Crippen LogP contribution in [-0.2, 0) is 11.2 Å². The van der Waals surface area contributed by atoms with Crippen molar-refractivity contribution < 1.29 is 4.74 Å². The van der Waals surface area contributed by atoms with E-state index in [0.717, 1.165) is 25.8 Å². The van der Waals surface area contributed by atoms with Gasteiger partial charge in [0.05, 0.1) is 11.1 Å². The summed E-state index contributed by atoms with van der Waals surface area (Å²) in [5.74, 6) is 0. The Balaban J connectivity index is 2.82. The van der Waals surface area contributed by atoms with Gasteiger partial charge in [-0.2, -0.15) is 0 Å². The lowest BCUT2D eigenvalue weighted by molar-refractivity contribution is -0.0466. The van der Waals surface area contributed by atoms with Gasteiger partial charge < -0.3 is 10.1 Å². The normalized spacial score (nSPS) is 13.9. The van der Waals surface area contributed by atoms with Crippen molar-refractivity contribution in [3.63, 3.8) is 0 Å². The number of hydrogen-bond acceptors (Lipinski definition) is 4. The van der Waals surface area contributed by atoms with Crippen LogP contribution in [0.2, 0.25) is 0 Å². The van der Waals surface area contributed by atoms with Gasteiger partial charge in [-0.25, -0.2) is 0 Å². The molecule has 0 aliphatic carbocycles. The summed E-state index contributed by atoms with van der Waals surface area (Å²) in [6, 6.07) is 0.355. The fourth-order valence-corrected chi connectivity index (χ4v) is 3.05. The van der Waals surface area contributed by atoms with Gasteiger partial charge in [-0.15, -0.1) is 11.3 Å². The highest BCUT2D eigenvalue weighted by atomic mass is 32.1. The maximum atomic E-state index is 5.82. The highest BCUT2D eigenvalue weighted by Crippen LogP contribution is 2.27. The summed E-state index contributed by atoms with van der Waals surface area (Å²) in [6.45, 7) is 7.51. The number of likely N-dealkylation sites (N-methyl/N-ethyl adjacent to an activating group) is 1. The molecule has 0 aliphatic rings. The van der Waals surface area contributed by atoms with E-state index in [4.69, 9.17) is 4.74 Å². The minimum Gasteiger partial charge on any atom is -0.377 e. The van der Waals surface area contributed by atoms with Gasteiger partial charge in [-0.3, -0.25) is 4.98 Å². The van der Waals surface area contributed by atoms with E-state index in [2.05, 4.69) is 31.1 Å². The van der Waals surface area contributed by atoms with Crippen LogP contribution in [0.4, 0.5) is 0 Å². The molecule has 0 saturated heterocycles. The monoisotopic (exact) mass is 256 g/mol. The first-order valence-electron chi connectivity index (χ1n) is 6.38. The molecule has 1 aromatic rings. The number of methoxy groups -OCH3 is 1. The third kappa shape index (κ3) is 3.50. The van der Waals surface area contributed by atoms with Crippen molar-refractivity contribution in [2.45, 2.75) is 51.7 Å². The van der Waals surface area contributed by atoms with E-state index in [-0.39, 0.29) is 5.60 Å². The Morgan fingerprint density at radius 1 is 1.41 bits per heavy atom. The molecule has 0 saturated carbocycles. The molecule has 1 atom stereocenters. The number of nitrogens with one attached hydrogen (secondary N) is 1. The average molecular weight is 256 g/mol. The number of rotatable bonds is 8. The SMILES string of the molecule is CCNC(Cc1cncs1)C(CC)(CC)OC. The van der Waals surface area contributed by atoms with Crippen molar-refractivity contribution in [1.29, 1.82) is 0 Å². The molecule has 1 heterocycles. The van der Waals surface area contributed by atoms with Crippen LogP contribution in [-0.4, -0.2) is 30.3 Å². The van der Waals surface area contributed by atoms with E-state index in [1.807, 2.05) is 18.8 Å². The predicted octanol–water partition coefficient (Wildman–Crippen LogP) is 2.87. The molecule has 1 aromatic heterocycles. The summed E-state index contributed by atoms with van der Waals surface area (Å²) in [4.78, 5) is 5.46. The summed E-state index contributed by atoms with van der Waals surface area (Å²) >= 11 is 1.72. The molecular weight excluding hydrogens is 232 g/mol. The molecule has 0 spiro atoms. The van der Waals surface area contributed by atoms with Crippen LogP contribution in [0.1, 0.15) is 38.5 Å². The van der Waals surface area contributed by atoms with Crippen molar-refractivity contribution in [2.75, 3.05) is 13.7 Å². The summed E-state index contributed by atoms with van der Waals surface area (Å²) in [5, 5.41) is 3.57. The Morgan fingerprint density at radius 2 is 2.12 bits per heavy atom. The minimum atomic E-state index is -0.0694. The van der Waals surface area contributed by atoms with Gasteiger partial charge in [0, 0.05) is 30.6 Å². The maximum absolute atomic E-state index is 5.82. The number of ether oxygens (including phenoxy) is 1. The van der Waals surface area contributed by atoms with E-state index in [9.17, 15) is 0 Å². The molecule has 1 unspecified atom stereocenters. The van der Waals surface area contributed by atoms with Gasteiger partial charge in [0.2, 0.25) is 0 Å². The van der Waals surface area contributed by atoms with Gasteiger partial charge >= 0.3 is 0 Å². The lowest BCUT2D eigenvalue weighted by Crippen LogP contribution is -2.52. The van der Waals surface area contributed by atoms with Crippen molar-refractivity contribution in [3.8, 4) is 0 Å². The highest BCUT2D eigenvalue weighted by molar-refractivity contribution is 7.09. The molecule has 3 nitrogen and oxygen atoms in total. The molecule has 17 heavy (non-hydrogen) atoms. The maximum Gasteiger partial charge on any atom is 0.0829 e. The van der Waals surface area contributed by atoms with Gasteiger partial charge in [0.25, 0.3) is 0 Å². The second kappa shape index (κ2) is 7.09. The summed E-state index contributed by atoms with van der Waals surface area (Å²) in [6.07, 6.45) is 5.00. The molecule has 4 heteroatoms. The molecule has 0 fully saturated rings. The number of thiazole rings is 1. The topological polar surface area (TPSA) is 34.2 Å². The quantitative estimate of drug-likeness (QED) is 0.776. The smallest absolute Gasteiger partial charge is 0.0829 e. The average Bonchev–Trinajstić information content (AvgIpc) is 2.85. The lowest BCUT2D eigenvalue weighted by atomic mass is 9.86. The summed E-state index contributed by atoms with van der Waals surface area (Å²) in [7, 11) is 1.82. The van der Waals surface area contributed by atoms with Gasteiger partial charge in [-0.05, 0) is 19.4 Å². The summed E-state index contributed by atoms with van der Waals surface area (Å²) < 4.78 is 5.82. The predicted molar refractivity (Wildman–Crippen MR) is 73.6 cm³/mol. The first kappa shape index (κ1) is 14.6. The zero-order chi connectivity index (χ0) is 12.7. The molecule has 0 aliphatic heterocycles. The molecule has 98 valence electrons. The van der Waals surface area contributed by atoms with E-state index >= 15 is 0 Å². The van der Waals surface area contributed by atoms with E-state index in [1.54, 1.807) is 11.3 Å². The van der Waals surface area contributed by atoms with Crippen molar-refractivity contribution in [1.82, 2.24) is 10.3 Å². The lowest BCUT2D eigenvalue weighted by Gasteiger charge is -2.38. The molecule has 0 bridgehead atoms. The first-order chi connectivity index (χ1) is 8.22. The zero-order valence-corrected chi connectivity index (χ0v) is 12.1. The minimum absolute atomic E-state index is 0.0694. The first-order valence-corrected chi connectivity index (χ1v) is 7.26. The number of hydrogen-bond donors (Lipinski definition) is 1. The molecular formula is C13H24N2OS. The van der Waals surface area contributed by atoms with Crippen LogP contribution in [0.3, 0.4) is 0 Å². The van der Waals surface area contributed by atoms with Crippen LogP contribution in [0, 0.1) is 0 Å². The van der Waals surface area contributed by atoms with Gasteiger partial charge in [0.15, 0.2) is 0 Å². The van der Waals surface area contributed by atoms with Crippen molar-refractivity contribution in [2.24, 2.45) is 0 Å². The van der Waals surface area contributed by atoms with Crippen molar-refractivity contribution >= 4 is 11.3 Å². The summed E-state index contributed by atoms with van der Waals surface area (Å²) in [5.41, 5.74) is 1.82. The molecule has 1 N–H and O–H groups in total.